The Balaban J connectivity index is 1.88. The van der Waals surface area contributed by atoms with E-state index in [1.165, 1.54) is 23.0 Å². The van der Waals surface area contributed by atoms with Crippen LogP contribution in [0.2, 0.25) is 0 Å². The zero-order chi connectivity index (χ0) is 13.2. The highest BCUT2D eigenvalue weighted by Gasteiger charge is 2.25. The molecule has 0 N–H and O–H groups in total. The number of rotatable bonds is 2. The van der Waals surface area contributed by atoms with Crippen LogP contribution in [-0.4, -0.2) is 37.2 Å². The van der Waals surface area contributed by atoms with E-state index in [4.69, 9.17) is 12.2 Å². The Morgan fingerprint density at radius 2 is 2.16 bits per heavy atom. The van der Waals surface area contributed by atoms with Gasteiger partial charge in [0.25, 0.3) is 5.91 Å². The van der Waals surface area contributed by atoms with Crippen LogP contribution in [0.15, 0.2) is 35.6 Å². The first-order valence-electron chi connectivity index (χ1n) is 5.49. The van der Waals surface area contributed by atoms with Crippen molar-refractivity contribution in [3.05, 3.63) is 36.2 Å². The molecule has 5 nitrogen and oxygen atoms in total. The molecule has 0 atom stereocenters. The number of aromatic nitrogens is 2. The molecule has 1 aliphatic heterocycles. The number of carbonyl (C=O) groups excluding carboxylic acids is 1. The van der Waals surface area contributed by atoms with Gasteiger partial charge < -0.3 is 0 Å². The van der Waals surface area contributed by atoms with Crippen molar-refractivity contribution >= 4 is 51.5 Å². The minimum Gasteiger partial charge on any atom is -0.272 e. The van der Waals surface area contributed by atoms with Crippen molar-refractivity contribution in [1.29, 1.82) is 0 Å². The van der Waals surface area contributed by atoms with Gasteiger partial charge in [-0.3, -0.25) is 9.78 Å². The minimum absolute atomic E-state index is 0.111. The largest absolute Gasteiger partial charge is 0.272 e. The molecule has 0 saturated carbocycles. The van der Waals surface area contributed by atoms with Crippen LogP contribution in [0.3, 0.4) is 0 Å². The lowest BCUT2D eigenvalue weighted by Gasteiger charge is -2.06. The molecule has 1 saturated heterocycles. The number of hydrogen-bond donors (Lipinski definition) is 0. The standard InChI is InChI=1S/C12H8N4OS2/c17-11-7-19-12(18)16(11)14-6-8-5-13-9-3-1-2-4-10(9)15-8/h1-6H,7H2. The Bertz CT molecular complexity index is 685. The van der Waals surface area contributed by atoms with Crippen LogP contribution in [0, 0.1) is 0 Å². The average Bonchev–Trinajstić information content (AvgIpc) is 2.76. The second kappa shape index (κ2) is 5.02. The monoisotopic (exact) mass is 288 g/mol. The fraction of sp³-hybridized carbons (Fsp3) is 0.0833. The first-order chi connectivity index (χ1) is 9.24. The summed E-state index contributed by atoms with van der Waals surface area (Å²) in [6.45, 7) is 0. The lowest BCUT2D eigenvalue weighted by Crippen LogP contribution is -2.22. The number of thioether (sulfide) groups is 1. The number of hydrogen-bond acceptors (Lipinski definition) is 6. The third kappa shape index (κ3) is 2.47. The molecular weight excluding hydrogens is 280 g/mol. The van der Waals surface area contributed by atoms with Gasteiger partial charge in [0, 0.05) is 0 Å². The molecule has 1 fully saturated rings. The van der Waals surface area contributed by atoms with Gasteiger partial charge in [-0.1, -0.05) is 36.1 Å². The fourth-order valence-corrected chi connectivity index (χ4v) is 2.58. The third-order valence-electron chi connectivity index (χ3n) is 2.50. The number of fused-ring (bicyclic) bond motifs is 1. The Labute approximate surface area is 118 Å². The molecule has 0 spiro atoms. The second-order valence-corrected chi connectivity index (χ2v) is 5.40. The maximum Gasteiger partial charge on any atom is 0.259 e. The van der Waals surface area contributed by atoms with E-state index < -0.39 is 0 Å². The zero-order valence-corrected chi connectivity index (χ0v) is 11.3. The second-order valence-electron chi connectivity index (χ2n) is 3.79. The SMILES string of the molecule is O=C1CSC(=S)N1N=Cc1cnc2ccccc2n1. The summed E-state index contributed by atoms with van der Waals surface area (Å²) >= 11 is 6.34. The van der Waals surface area contributed by atoms with Gasteiger partial charge >= 0.3 is 0 Å². The first kappa shape index (κ1) is 12.2. The van der Waals surface area contributed by atoms with Crippen molar-refractivity contribution in [3.63, 3.8) is 0 Å². The number of benzene rings is 1. The topological polar surface area (TPSA) is 58.5 Å². The van der Waals surface area contributed by atoms with E-state index in [9.17, 15) is 4.79 Å². The molecule has 1 aromatic heterocycles. The summed E-state index contributed by atoms with van der Waals surface area (Å²) in [5.74, 6) is 0.236. The Morgan fingerprint density at radius 3 is 2.89 bits per heavy atom. The van der Waals surface area contributed by atoms with Crippen LogP contribution >= 0.6 is 24.0 Å². The lowest BCUT2D eigenvalue weighted by molar-refractivity contribution is -0.123. The van der Waals surface area contributed by atoms with Crippen molar-refractivity contribution in [2.45, 2.75) is 0 Å². The van der Waals surface area contributed by atoms with E-state index in [2.05, 4.69) is 15.1 Å². The Hall–Kier alpha value is -1.86. The van der Waals surface area contributed by atoms with E-state index in [-0.39, 0.29) is 5.91 Å². The average molecular weight is 288 g/mol. The van der Waals surface area contributed by atoms with E-state index in [1.54, 1.807) is 6.20 Å². The van der Waals surface area contributed by atoms with Gasteiger partial charge in [-0.2, -0.15) is 10.1 Å². The van der Waals surface area contributed by atoms with Crippen LogP contribution in [0.4, 0.5) is 0 Å². The van der Waals surface area contributed by atoms with Gasteiger partial charge in [-0.15, -0.1) is 0 Å². The van der Waals surface area contributed by atoms with Crippen molar-refractivity contribution in [2.75, 3.05) is 5.75 Å². The zero-order valence-electron chi connectivity index (χ0n) is 9.68. The maximum atomic E-state index is 11.5. The fourth-order valence-electron chi connectivity index (χ4n) is 1.61. The van der Waals surface area contributed by atoms with Crippen LogP contribution in [0.1, 0.15) is 5.69 Å². The summed E-state index contributed by atoms with van der Waals surface area (Å²) in [7, 11) is 0. The molecule has 3 rings (SSSR count). The predicted octanol–water partition coefficient (Wildman–Crippen LogP) is 1.82. The van der Waals surface area contributed by atoms with Crippen LogP contribution in [-0.2, 0) is 4.79 Å². The quantitative estimate of drug-likeness (QED) is 0.623. The molecular formula is C12H8N4OS2. The summed E-state index contributed by atoms with van der Waals surface area (Å²) < 4.78 is 0.468. The van der Waals surface area contributed by atoms with E-state index >= 15 is 0 Å². The number of para-hydroxylation sites is 2. The molecule has 19 heavy (non-hydrogen) atoms. The van der Waals surface area contributed by atoms with E-state index in [0.717, 1.165) is 11.0 Å². The molecule has 0 radical (unpaired) electrons. The number of hydrazone groups is 1. The molecule has 2 heterocycles. The van der Waals surface area contributed by atoms with Gasteiger partial charge in [0.15, 0.2) is 4.32 Å². The van der Waals surface area contributed by atoms with Crippen LogP contribution in [0.5, 0.6) is 0 Å². The van der Waals surface area contributed by atoms with E-state index in [0.29, 0.717) is 15.8 Å². The summed E-state index contributed by atoms with van der Waals surface area (Å²) in [6, 6.07) is 7.57. The first-order valence-corrected chi connectivity index (χ1v) is 6.89. The highest BCUT2D eigenvalue weighted by Crippen LogP contribution is 2.19. The number of amides is 1. The molecule has 0 unspecified atom stereocenters. The van der Waals surface area contributed by atoms with Crippen molar-refractivity contribution in [1.82, 2.24) is 15.0 Å². The molecule has 1 aromatic carbocycles. The molecule has 0 bridgehead atoms. The number of thiocarbonyl (C=S) groups is 1. The van der Waals surface area contributed by atoms with Gasteiger partial charge in [0.2, 0.25) is 0 Å². The molecule has 1 aliphatic rings. The van der Waals surface area contributed by atoms with Crippen molar-refractivity contribution < 1.29 is 4.79 Å². The number of nitrogens with zero attached hydrogens (tertiary/aromatic N) is 4. The molecule has 7 heteroatoms. The van der Waals surface area contributed by atoms with E-state index in [1.807, 2.05) is 24.3 Å². The summed E-state index contributed by atoms with van der Waals surface area (Å²) in [5, 5.41) is 5.28. The lowest BCUT2D eigenvalue weighted by atomic mass is 10.3. The number of carbonyl (C=O) groups is 1. The van der Waals surface area contributed by atoms with Gasteiger partial charge in [-0.05, 0) is 12.1 Å². The van der Waals surface area contributed by atoms with Crippen molar-refractivity contribution in [2.24, 2.45) is 5.10 Å². The summed E-state index contributed by atoms with van der Waals surface area (Å²) in [6.07, 6.45) is 3.11. The highest BCUT2D eigenvalue weighted by atomic mass is 32.2. The van der Waals surface area contributed by atoms with Crippen LogP contribution in [0.25, 0.3) is 11.0 Å². The smallest absolute Gasteiger partial charge is 0.259 e. The minimum atomic E-state index is -0.111. The highest BCUT2D eigenvalue weighted by molar-refractivity contribution is 8.23. The summed E-state index contributed by atoms with van der Waals surface area (Å²) in [4.78, 5) is 20.1. The Kier molecular flexibility index (Phi) is 3.22. The molecule has 1 amide bonds. The molecule has 94 valence electrons. The summed E-state index contributed by atoms with van der Waals surface area (Å²) in [5.41, 5.74) is 2.20. The Morgan fingerprint density at radius 1 is 1.37 bits per heavy atom. The predicted molar refractivity (Wildman–Crippen MR) is 79.0 cm³/mol. The third-order valence-corrected chi connectivity index (χ3v) is 3.84. The maximum absolute atomic E-state index is 11.5. The molecule has 0 aliphatic carbocycles. The normalized spacial score (nSPS) is 15.9. The molecule has 2 aromatic rings. The van der Waals surface area contributed by atoms with Gasteiger partial charge in [-0.25, -0.2) is 4.98 Å². The van der Waals surface area contributed by atoms with Crippen molar-refractivity contribution in [3.8, 4) is 0 Å². The van der Waals surface area contributed by atoms with Gasteiger partial charge in [0.05, 0.1) is 29.2 Å². The van der Waals surface area contributed by atoms with Gasteiger partial charge in [0.1, 0.15) is 5.69 Å². The van der Waals surface area contributed by atoms with Crippen LogP contribution < -0.4 is 0 Å².